The van der Waals surface area contributed by atoms with Crippen molar-refractivity contribution in [2.75, 3.05) is 5.73 Å². The van der Waals surface area contributed by atoms with E-state index < -0.39 is 0 Å². The number of nitrogens with one attached hydrogen (secondary N) is 2. The second-order valence-electron chi connectivity index (χ2n) is 4.04. The van der Waals surface area contributed by atoms with E-state index in [1.165, 1.54) is 0 Å². The summed E-state index contributed by atoms with van der Waals surface area (Å²) >= 11 is 0. The van der Waals surface area contributed by atoms with Crippen LogP contribution in [0.2, 0.25) is 0 Å². The molecular weight excluding hydrogens is 214 g/mol. The van der Waals surface area contributed by atoms with Gasteiger partial charge in [-0.05, 0) is 12.1 Å². The Labute approximate surface area is 95.6 Å². The minimum absolute atomic E-state index is 0.585. The van der Waals surface area contributed by atoms with Crippen LogP contribution in [-0.4, -0.2) is 20.2 Å². The molecule has 0 bridgehead atoms. The molecule has 0 fully saturated rings. The van der Waals surface area contributed by atoms with Crippen molar-refractivity contribution in [3.05, 3.63) is 30.3 Å². The van der Waals surface area contributed by atoms with Crippen LogP contribution in [0.25, 0.3) is 33.0 Å². The predicted octanol–water partition coefficient (Wildman–Crippen LogP) is 2.17. The fourth-order valence-electron chi connectivity index (χ4n) is 2.18. The summed E-state index contributed by atoms with van der Waals surface area (Å²) in [5.41, 5.74) is 9.31. The Kier molecular flexibility index (Phi) is 1.39. The lowest BCUT2D eigenvalue weighted by Crippen LogP contribution is -1.84. The number of anilines is 1. The van der Waals surface area contributed by atoms with E-state index in [-0.39, 0.29) is 0 Å². The van der Waals surface area contributed by atoms with Gasteiger partial charge in [0.1, 0.15) is 11.3 Å². The molecule has 0 atom stereocenters. The first-order valence-electron chi connectivity index (χ1n) is 5.34. The molecule has 5 nitrogen and oxygen atoms in total. The van der Waals surface area contributed by atoms with Crippen molar-refractivity contribution in [2.45, 2.75) is 0 Å². The Morgan fingerprint density at radius 2 is 1.82 bits per heavy atom. The van der Waals surface area contributed by atoms with Crippen molar-refractivity contribution in [3.63, 3.8) is 0 Å². The van der Waals surface area contributed by atoms with E-state index in [2.05, 4.69) is 20.2 Å². The SMILES string of the molecule is Nc1[nH][nH]c2nc3c(cc12)nc1ccccc13. The average Bonchev–Trinajstić information content (AvgIpc) is 2.88. The summed E-state index contributed by atoms with van der Waals surface area (Å²) in [6.45, 7) is 0. The van der Waals surface area contributed by atoms with Crippen molar-refractivity contribution >= 4 is 38.8 Å². The van der Waals surface area contributed by atoms with Gasteiger partial charge in [-0.1, -0.05) is 18.2 Å². The van der Waals surface area contributed by atoms with Crippen LogP contribution in [0, 0.1) is 0 Å². The highest BCUT2D eigenvalue weighted by Gasteiger charge is 2.10. The number of rotatable bonds is 0. The largest absolute Gasteiger partial charge is 0.384 e. The lowest BCUT2D eigenvalue weighted by atomic mass is 10.2. The number of hydrogen-bond donors (Lipinski definition) is 3. The molecule has 0 aliphatic heterocycles. The molecule has 3 aromatic heterocycles. The van der Waals surface area contributed by atoms with E-state index in [4.69, 9.17) is 5.73 Å². The highest BCUT2D eigenvalue weighted by Crippen LogP contribution is 2.27. The summed E-state index contributed by atoms with van der Waals surface area (Å²) in [6, 6.07) is 9.94. The highest BCUT2D eigenvalue weighted by atomic mass is 15.2. The quantitative estimate of drug-likeness (QED) is 0.427. The number of nitrogen functional groups attached to an aromatic ring is 1. The predicted molar refractivity (Wildman–Crippen MR) is 67.7 cm³/mol. The molecule has 0 aliphatic rings. The molecule has 1 aromatic carbocycles. The van der Waals surface area contributed by atoms with Crippen LogP contribution >= 0.6 is 0 Å². The third kappa shape index (κ3) is 1.02. The maximum Gasteiger partial charge on any atom is 0.156 e. The summed E-state index contributed by atoms with van der Waals surface area (Å²) in [7, 11) is 0. The molecule has 0 saturated heterocycles. The first-order valence-corrected chi connectivity index (χ1v) is 5.34. The van der Waals surface area contributed by atoms with Crippen molar-refractivity contribution in [1.29, 1.82) is 0 Å². The van der Waals surface area contributed by atoms with Gasteiger partial charge in [0.15, 0.2) is 5.65 Å². The lowest BCUT2D eigenvalue weighted by molar-refractivity contribution is 1.11. The van der Waals surface area contributed by atoms with Crippen molar-refractivity contribution in [3.8, 4) is 0 Å². The smallest absolute Gasteiger partial charge is 0.156 e. The first-order chi connectivity index (χ1) is 8.33. The Bertz CT molecular complexity index is 855. The Morgan fingerprint density at radius 3 is 2.76 bits per heavy atom. The van der Waals surface area contributed by atoms with E-state index in [0.717, 1.165) is 33.0 Å². The third-order valence-electron chi connectivity index (χ3n) is 3.01. The summed E-state index contributed by atoms with van der Waals surface area (Å²) < 4.78 is 0. The van der Waals surface area contributed by atoms with Crippen molar-refractivity contribution < 1.29 is 0 Å². The maximum atomic E-state index is 5.81. The van der Waals surface area contributed by atoms with E-state index in [0.29, 0.717) is 5.82 Å². The number of para-hydroxylation sites is 1. The summed E-state index contributed by atoms with van der Waals surface area (Å²) in [6.07, 6.45) is 0. The molecule has 0 amide bonds. The monoisotopic (exact) mass is 223 g/mol. The van der Waals surface area contributed by atoms with E-state index in [9.17, 15) is 0 Å². The van der Waals surface area contributed by atoms with Gasteiger partial charge in [-0.25, -0.2) is 9.97 Å². The maximum absolute atomic E-state index is 5.81. The number of nitrogens with zero attached hydrogens (tertiary/aromatic N) is 2. The second kappa shape index (κ2) is 2.76. The minimum Gasteiger partial charge on any atom is -0.384 e. The molecule has 0 unspecified atom stereocenters. The van der Waals surface area contributed by atoms with Gasteiger partial charge in [-0.15, -0.1) is 0 Å². The third-order valence-corrected chi connectivity index (χ3v) is 3.01. The zero-order chi connectivity index (χ0) is 11.4. The van der Waals surface area contributed by atoms with E-state index in [1.54, 1.807) is 0 Å². The average molecular weight is 223 g/mol. The van der Waals surface area contributed by atoms with Gasteiger partial charge < -0.3 is 5.73 Å². The normalized spacial score (nSPS) is 11.8. The van der Waals surface area contributed by atoms with Crippen LogP contribution in [0.15, 0.2) is 30.3 Å². The van der Waals surface area contributed by atoms with Gasteiger partial charge in [0, 0.05) is 5.39 Å². The topological polar surface area (TPSA) is 83.4 Å². The molecule has 0 aliphatic carbocycles. The summed E-state index contributed by atoms with van der Waals surface area (Å²) in [4.78, 5) is 9.10. The number of fused-ring (bicyclic) bond motifs is 4. The molecule has 4 aromatic rings. The van der Waals surface area contributed by atoms with Crippen LogP contribution in [0.1, 0.15) is 0 Å². The van der Waals surface area contributed by atoms with E-state index in [1.807, 2.05) is 30.3 Å². The van der Waals surface area contributed by atoms with Gasteiger partial charge in [0.2, 0.25) is 0 Å². The Morgan fingerprint density at radius 1 is 0.941 bits per heavy atom. The Balaban J connectivity index is 2.29. The number of aromatic amines is 2. The molecule has 0 radical (unpaired) electrons. The zero-order valence-electron chi connectivity index (χ0n) is 8.86. The summed E-state index contributed by atoms with van der Waals surface area (Å²) in [5, 5.41) is 7.74. The number of benzene rings is 1. The fraction of sp³-hybridized carbons (Fsp3) is 0. The molecule has 3 heterocycles. The standard InChI is InChI=1S/C12H9N5/c13-11-7-5-9-10(15-12(7)17-16-11)6-3-1-2-4-8(6)14-9/h1-5H,(H4,13,15,16,17). The Hall–Kier alpha value is -2.56. The number of hydrogen-bond acceptors (Lipinski definition) is 3. The van der Waals surface area contributed by atoms with Crippen LogP contribution in [0.3, 0.4) is 0 Å². The molecule has 0 saturated carbocycles. The molecule has 4 N–H and O–H groups in total. The van der Waals surface area contributed by atoms with Crippen LogP contribution < -0.4 is 5.73 Å². The van der Waals surface area contributed by atoms with Crippen LogP contribution in [0.5, 0.6) is 0 Å². The minimum atomic E-state index is 0.585. The molecular formula is C12H9N5. The van der Waals surface area contributed by atoms with Crippen molar-refractivity contribution in [1.82, 2.24) is 20.2 Å². The van der Waals surface area contributed by atoms with Gasteiger partial charge in [0.25, 0.3) is 0 Å². The molecule has 4 rings (SSSR count). The van der Waals surface area contributed by atoms with Crippen molar-refractivity contribution in [2.24, 2.45) is 0 Å². The zero-order valence-corrected chi connectivity index (χ0v) is 8.86. The molecule has 82 valence electrons. The summed E-state index contributed by atoms with van der Waals surface area (Å²) in [5.74, 6) is 0.585. The number of aromatic nitrogens is 4. The van der Waals surface area contributed by atoms with E-state index >= 15 is 0 Å². The first kappa shape index (κ1) is 8.58. The van der Waals surface area contributed by atoms with Gasteiger partial charge in [-0.3, -0.25) is 10.2 Å². The fourth-order valence-corrected chi connectivity index (χ4v) is 2.18. The van der Waals surface area contributed by atoms with Crippen LogP contribution in [0.4, 0.5) is 5.82 Å². The van der Waals surface area contributed by atoms with Gasteiger partial charge >= 0.3 is 0 Å². The number of H-pyrrole nitrogens is 2. The lowest BCUT2D eigenvalue weighted by Gasteiger charge is -1.91. The van der Waals surface area contributed by atoms with Gasteiger partial charge in [-0.2, -0.15) is 0 Å². The highest BCUT2D eigenvalue weighted by molar-refractivity contribution is 6.08. The van der Waals surface area contributed by atoms with Crippen LogP contribution in [-0.2, 0) is 0 Å². The van der Waals surface area contributed by atoms with Gasteiger partial charge in [0.05, 0.1) is 16.4 Å². The molecule has 5 heteroatoms. The second-order valence-corrected chi connectivity index (χ2v) is 4.04. The number of pyridine rings is 1. The molecule has 0 spiro atoms. The number of nitrogens with two attached hydrogens (primary N) is 1. The molecule has 17 heavy (non-hydrogen) atoms.